The van der Waals surface area contributed by atoms with Gasteiger partial charge in [0.15, 0.2) is 5.72 Å². The second-order valence-corrected chi connectivity index (χ2v) is 9.06. The monoisotopic (exact) mass is 394 g/mol. The Morgan fingerprint density at radius 2 is 2.00 bits per heavy atom. The molecule has 3 heterocycles. The summed E-state index contributed by atoms with van der Waals surface area (Å²) in [6.45, 7) is 1.49. The highest BCUT2D eigenvalue weighted by Gasteiger charge is 2.73. The van der Waals surface area contributed by atoms with Gasteiger partial charge < -0.3 is 15.4 Å². The molecule has 2 fully saturated rings. The summed E-state index contributed by atoms with van der Waals surface area (Å²) >= 11 is 0. The van der Waals surface area contributed by atoms with Crippen LogP contribution in [0.5, 0.6) is 0 Å². The first-order valence-electron chi connectivity index (χ1n) is 8.25. The highest BCUT2D eigenvalue weighted by atomic mass is 32.2. The van der Waals surface area contributed by atoms with Gasteiger partial charge in [-0.05, 0) is 12.5 Å². The van der Waals surface area contributed by atoms with Crippen LogP contribution in [0, 0.1) is 5.92 Å². The van der Waals surface area contributed by atoms with Crippen LogP contribution in [0.3, 0.4) is 0 Å². The third kappa shape index (κ3) is 1.93. The van der Waals surface area contributed by atoms with Gasteiger partial charge in [-0.1, -0.05) is 5.11 Å². The van der Waals surface area contributed by atoms with Crippen molar-refractivity contribution in [2.24, 2.45) is 16.8 Å². The summed E-state index contributed by atoms with van der Waals surface area (Å²) in [6, 6.07) is -1.62. The van der Waals surface area contributed by atoms with Crippen molar-refractivity contribution in [3.05, 3.63) is 33.0 Å². The number of ketones is 2. The summed E-state index contributed by atoms with van der Waals surface area (Å²) in [4.78, 5) is 30.2. The van der Waals surface area contributed by atoms with Crippen LogP contribution in [0.2, 0.25) is 0 Å². The molecule has 4 rings (SSSR count). The number of nitrogens with zero attached hydrogens (tertiary/aromatic N) is 5. The maximum Gasteiger partial charge on any atom is 0.211 e. The largest absolute Gasteiger partial charge is 0.395 e. The number of methoxy groups -OCH3 is 1. The minimum absolute atomic E-state index is 0.0601. The molecule has 2 saturated heterocycles. The van der Waals surface area contributed by atoms with Crippen LogP contribution in [0.25, 0.3) is 10.4 Å². The van der Waals surface area contributed by atoms with E-state index in [0.717, 1.165) is 6.26 Å². The Kier molecular flexibility index (Phi) is 3.54. The standard InChI is InChI=1S/C15H18N6O5S/c1-6-10(16)13(23)9-7-4-21(27(3,24)25)14-8(18-19-17)5-20(11(9)12(6)22)15(7,14)26-2/h7-8,14H,4-5,16H2,1-3H3/t7-,8-,14+,15-/m1/s1. The van der Waals surface area contributed by atoms with E-state index in [9.17, 15) is 18.0 Å². The molecule has 4 aliphatic rings. The van der Waals surface area contributed by atoms with E-state index in [4.69, 9.17) is 16.0 Å². The molecule has 0 radical (unpaired) electrons. The number of sulfonamides is 1. The van der Waals surface area contributed by atoms with Gasteiger partial charge >= 0.3 is 0 Å². The number of hydrogen-bond donors (Lipinski definition) is 1. The summed E-state index contributed by atoms with van der Waals surface area (Å²) in [5.41, 5.74) is 13.9. The Morgan fingerprint density at radius 3 is 2.56 bits per heavy atom. The second-order valence-electron chi connectivity index (χ2n) is 7.13. The van der Waals surface area contributed by atoms with Crippen LogP contribution in [-0.2, 0) is 24.3 Å². The SMILES string of the molecule is CO[C@]12[C@@H]3CN(S(C)(=O)=O)[C@H]1[C@H](N=[N+]=[N-])CN2C1=C3C(=O)C(N)=C(C)C1=O. The van der Waals surface area contributed by atoms with Crippen molar-refractivity contribution in [2.45, 2.75) is 24.7 Å². The zero-order valence-electron chi connectivity index (χ0n) is 14.9. The number of azide groups is 1. The van der Waals surface area contributed by atoms with Gasteiger partial charge in [0.2, 0.25) is 21.6 Å². The molecule has 0 saturated carbocycles. The van der Waals surface area contributed by atoms with E-state index >= 15 is 0 Å². The maximum absolute atomic E-state index is 12.9. The fourth-order valence-corrected chi connectivity index (χ4v) is 6.09. The van der Waals surface area contributed by atoms with Crippen LogP contribution in [0.4, 0.5) is 0 Å². The lowest BCUT2D eigenvalue weighted by Crippen LogP contribution is -2.54. The average molecular weight is 394 g/mol. The fourth-order valence-electron chi connectivity index (χ4n) is 4.96. The van der Waals surface area contributed by atoms with Crippen LogP contribution in [0.1, 0.15) is 6.92 Å². The normalized spacial score (nSPS) is 35.7. The Hall–Kier alpha value is -2.40. The first-order chi connectivity index (χ1) is 12.6. The third-order valence-corrected chi connectivity index (χ3v) is 7.26. The van der Waals surface area contributed by atoms with Crippen LogP contribution in [0.15, 0.2) is 27.7 Å². The van der Waals surface area contributed by atoms with E-state index in [1.165, 1.54) is 18.3 Å². The van der Waals surface area contributed by atoms with Crippen molar-refractivity contribution in [3.8, 4) is 0 Å². The zero-order chi connectivity index (χ0) is 19.9. The van der Waals surface area contributed by atoms with Gasteiger partial charge in [-0.2, -0.15) is 4.31 Å². The van der Waals surface area contributed by atoms with Gasteiger partial charge in [0, 0.05) is 36.3 Å². The molecule has 12 heteroatoms. The molecule has 144 valence electrons. The van der Waals surface area contributed by atoms with Gasteiger partial charge in [-0.25, -0.2) is 8.42 Å². The smallest absolute Gasteiger partial charge is 0.211 e. The lowest BCUT2D eigenvalue weighted by atomic mass is 9.83. The number of nitrogens with two attached hydrogens (primary N) is 1. The number of rotatable bonds is 3. The van der Waals surface area contributed by atoms with E-state index in [0.29, 0.717) is 0 Å². The molecule has 11 nitrogen and oxygen atoms in total. The van der Waals surface area contributed by atoms with E-state index in [-0.39, 0.29) is 41.4 Å². The van der Waals surface area contributed by atoms with E-state index in [1.807, 2.05) is 0 Å². The summed E-state index contributed by atoms with van der Waals surface area (Å²) in [5.74, 6) is -1.58. The molecule has 0 unspecified atom stereocenters. The van der Waals surface area contributed by atoms with E-state index in [2.05, 4.69) is 10.0 Å². The van der Waals surface area contributed by atoms with Gasteiger partial charge in [0.1, 0.15) is 0 Å². The summed E-state index contributed by atoms with van der Waals surface area (Å²) in [7, 11) is -2.29. The highest BCUT2D eigenvalue weighted by Crippen LogP contribution is 2.58. The Bertz CT molecular complexity index is 1010. The molecule has 1 aliphatic carbocycles. The molecule has 0 spiro atoms. The minimum atomic E-state index is -3.69. The number of ether oxygens (including phenoxy) is 1. The third-order valence-electron chi connectivity index (χ3n) is 6.03. The Balaban J connectivity index is 1.98. The molecule has 27 heavy (non-hydrogen) atoms. The molecule has 0 bridgehead atoms. The molecule has 2 N–H and O–H groups in total. The van der Waals surface area contributed by atoms with E-state index in [1.54, 1.807) is 4.90 Å². The molecule has 0 amide bonds. The Morgan fingerprint density at radius 1 is 1.33 bits per heavy atom. The van der Waals surface area contributed by atoms with Crippen molar-refractivity contribution in [3.63, 3.8) is 0 Å². The average Bonchev–Trinajstić information content (AvgIpc) is 3.19. The molecule has 3 aliphatic heterocycles. The molecule has 0 aromatic rings. The minimum Gasteiger partial charge on any atom is -0.395 e. The quantitative estimate of drug-likeness (QED) is 0.285. The predicted molar refractivity (Wildman–Crippen MR) is 92.1 cm³/mol. The Labute approximate surface area is 155 Å². The van der Waals surface area contributed by atoms with Crippen molar-refractivity contribution in [2.75, 3.05) is 26.5 Å². The highest BCUT2D eigenvalue weighted by molar-refractivity contribution is 7.88. The van der Waals surface area contributed by atoms with Crippen LogP contribution in [-0.4, -0.2) is 73.5 Å². The van der Waals surface area contributed by atoms with Gasteiger partial charge in [0.05, 0.1) is 35.7 Å². The number of allylic oxidation sites excluding steroid dienone is 2. The van der Waals surface area contributed by atoms with Gasteiger partial charge in [0.25, 0.3) is 0 Å². The van der Waals surface area contributed by atoms with Crippen molar-refractivity contribution in [1.82, 2.24) is 9.21 Å². The molecule has 0 aromatic heterocycles. The molecular weight excluding hydrogens is 376 g/mol. The van der Waals surface area contributed by atoms with Gasteiger partial charge in [-0.3, -0.25) is 9.59 Å². The summed E-state index contributed by atoms with van der Waals surface area (Å²) in [5, 5.41) is 3.75. The van der Waals surface area contributed by atoms with Crippen LogP contribution >= 0.6 is 0 Å². The number of Topliss-reactive ketones (excluding diaryl/α,β-unsaturated/α-hetero) is 2. The second kappa shape index (κ2) is 5.32. The number of carbonyl (C=O) groups is 2. The van der Waals surface area contributed by atoms with Crippen LogP contribution < -0.4 is 5.73 Å². The lowest BCUT2D eigenvalue weighted by Gasteiger charge is -2.37. The maximum atomic E-state index is 12.9. The number of carbonyl (C=O) groups excluding carboxylic acids is 2. The molecule has 4 atom stereocenters. The zero-order valence-corrected chi connectivity index (χ0v) is 15.7. The lowest BCUT2D eigenvalue weighted by molar-refractivity contribution is -0.124. The number of hydrogen-bond acceptors (Lipinski definition) is 8. The molecular formula is C15H18N6O5S. The number of fused-ring (bicyclic) bond motifs is 2. The topological polar surface area (TPSA) is 159 Å². The first kappa shape index (κ1) is 18.0. The fraction of sp³-hybridized carbons (Fsp3) is 0.600. The van der Waals surface area contributed by atoms with Crippen molar-refractivity contribution in [1.29, 1.82) is 0 Å². The van der Waals surface area contributed by atoms with Crippen molar-refractivity contribution < 1.29 is 22.7 Å². The first-order valence-corrected chi connectivity index (χ1v) is 10.1. The molecule has 0 aromatic carbocycles. The van der Waals surface area contributed by atoms with E-state index < -0.39 is 39.5 Å². The summed E-state index contributed by atoms with van der Waals surface area (Å²) in [6.07, 6.45) is 1.05. The summed E-state index contributed by atoms with van der Waals surface area (Å²) < 4.78 is 31.8. The van der Waals surface area contributed by atoms with Gasteiger partial charge in [-0.15, -0.1) is 0 Å². The van der Waals surface area contributed by atoms with Crippen molar-refractivity contribution >= 4 is 21.6 Å². The predicted octanol–water partition coefficient (Wildman–Crippen LogP) is -0.764.